The first-order valence-electron chi connectivity index (χ1n) is 11.0. The summed E-state index contributed by atoms with van der Waals surface area (Å²) in [4.78, 5) is 31.2. The molecule has 2 atom stereocenters. The van der Waals surface area contributed by atoms with E-state index in [1.807, 2.05) is 60.5 Å². The lowest BCUT2D eigenvalue weighted by molar-refractivity contribution is -0.173. The normalized spacial score (nSPS) is 23.7. The molecule has 0 aliphatic carbocycles. The molecule has 5 heterocycles. The van der Waals surface area contributed by atoms with Crippen molar-refractivity contribution >= 4 is 5.91 Å². The molecule has 2 saturated heterocycles. The number of amides is 1. The smallest absolute Gasteiger partial charge is 0.257 e. The van der Waals surface area contributed by atoms with Crippen molar-refractivity contribution in [2.45, 2.75) is 31.5 Å². The Morgan fingerprint density at radius 3 is 2.72 bits per heavy atom. The Labute approximate surface area is 188 Å². The summed E-state index contributed by atoms with van der Waals surface area (Å²) < 4.78 is 6.37. The van der Waals surface area contributed by atoms with Crippen molar-refractivity contribution in [1.82, 2.24) is 24.8 Å². The first-order chi connectivity index (χ1) is 15.6. The molecular weight excluding hydrogens is 402 g/mol. The van der Waals surface area contributed by atoms with E-state index in [9.17, 15) is 4.79 Å². The number of aryl methyl sites for hydroxylation is 1. The zero-order valence-electron chi connectivity index (χ0n) is 18.2. The lowest BCUT2D eigenvalue weighted by Gasteiger charge is -2.42. The van der Waals surface area contributed by atoms with Crippen molar-refractivity contribution < 1.29 is 9.53 Å². The Morgan fingerprint density at radius 2 is 1.94 bits per heavy atom. The van der Waals surface area contributed by atoms with Crippen molar-refractivity contribution in [2.75, 3.05) is 26.2 Å². The van der Waals surface area contributed by atoms with Gasteiger partial charge in [0.2, 0.25) is 0 Å². The summed E-state index contributed by atoms with van der Waals surface area (Å²) >= 11 is 0. The molecule has 1 amide bonds. The van der Waals surface area contributed by atoms with E-state index >= 15 is 0 Å². The monoisotopic (exact) mass is 429 g/mol. The number of carbonyl (C=O) groups excluding carboxylic acids is 1. The van der Waals surface area contributed by atoms with E-state index in [-0.39, 0.29) is 11.8 Å². The minimum absolute atomic E-state index is 0.0501. The fraction of sp³-hybridized carbons (Fsp3) is 0.360. The highest BCUT2D eigenvalue weighted by atomic mass is 16.5. The van der Waals surface area contributed by atoms with Crippen molar-refractivity contribution in [3.05, 3.63) is 89.8 Å². The quantitative estimate of drug-likeness (QED) is 0.621. The summed E-state index contributed by atoms with van der Waals surface area (Å²) in [5, 5.41) is 0. The molecule has 7 nitrogen and oxygen atoms in total. The van der Waals surface area contributed by atoms with Crippen LogP contribution in [-0.4, -0.2) is 62.5 Å². The second-order valence-corrected chi connectivity index (χ2v) is 8.60. The summed E-state index contributed by atoms with van der Waals surface area (Å²) in [7, 11) is 0. The maximum atomic E-state index is 13.9. The van der Waals surface area contributed by atoms with Gasteiger partial charge >= 0.3 is 0 Å². The number of likely N-dealkylation sites (tertiary alicyclic amines) is 1. The Hall–Kier alpha value is -3.16. The van der Waals surface area contributed by atoms with Gasteiger partial charge in [-0.1, -0.05) is 12.1 Å². The van der Waals surface area contributed by atoms with Gasteiger partial charge in [-0.3, -0.25) is 24.6 Å². The summed E-state index contributed by atoms with van der Waals surface area (Å²) in [5.74, 6) is -0.0390. The summed E-state index contributed by atoms with van der Waals surface area (Å²) in [6, 6.07) is 14.0. The molecule has 2 aliphatic rings. The van der Waals surface area contributed by atoms with Crippen molar-refractivity contribution in [1.29, 1.82) is 0 Å². The second kappa shape index (κ2) is 8.76. The Balaban J connectivity index is 1.45. The molecule has 0 aromatic carbocycles. The molecule has 1 spiro atoms. The van der Waals surface area contributed by atoms with E-state index in [2.05, 4.69) is 19.9 Å². The van der Waals surface area contributed by atoms with Crippen molar-refractivity contribution in [3.63, 3.8) is 0 Å². The van der Waals surface area contributed by atoms with Gasteiger partial charge in [-0.15, -0.1) is 0 Å². The topological polar surface area (TPSA) is 71.5 Å². The third-order valence-corrected chi connectivity index (χ3v) is 6.37. The number of hydrogen-bond donors (Lipinski definition) is 0. The van der Waals surface area contributed by atoms with Crippen LogP contribution >= 0.6 is 0 Å². The molecule has 0 radical (unpaired) electrons. The molecule has 0 saturated carbocycles. The van der Waals surface area contributed by atoms with E-state index in [0.29, 0.717) is 32.8 Å². The molecule has 0 unspecified atom stereocenters. The first kappa shape index (κ1) is 20.7. The number of aromatic nitrogens is 3. The van der Waals surface area contributed by atoms with Crippen LogP contribution in [0.15, 0.2) is 67.3 Å². The van der Waals surface area contributed by atoms with Crippen LogP contribution in [0.1, 0.15) is 28.4 Å². The van der Waals surface area contributed by atoms with Crippen LogP contribution in [0.2, 0.25) is 0 Å². The molecule has 164 valence electrons. The van der Waals surface area contributed by atoms with Gasteiger partial charge in [-0.05, 0) is 48.4 Å². The molecule has 2 fully saturated rings. The minimum atomic E-state index is -0.919. The predicted molar refractivity (Wildman–Crippen MR) is 120 cm³/mol. The SMILES string of the molecule is Cc1cccc(CN2C[C@@H](c3cccnc3)[C@]3(C2)OCCN(Cc2ccncc2)C3=O)n1. The Kier molecular flexibility index (Phi) is 5.68. The number of rotatable bonds is 5. The minimum Gasteiger partial charge on any atom is -0.361 e. The van der Waals surface area contributed by atoms with Gasteiger partial charge in [0, 0.05) is 69.1 Å². The number of ether oxygens (including phenoxy) is 1. The highest BCUT2D eigenvalue weighted by Crippen LogP contribution is 2.42. The lowest BCUT2D eigenvalue weighted by Crippen LogP contribution is -2.59. The molecule has 0 N–H and O–H groups in total. The van der Waals surface area contributed by atoms with Crippen LogP contribution < -0.4 is 0 Å². The fourth-order valence-electron chi connectivity index (χ4n) is 4.90. The van der Waals surface area contributed by atoms with Gasteiger partial charge in [-0.2, -0.15) is 0 Å². The molecular formula is C25H27N5O2. The maximum absolute atomic E-state index is 13.9. The second-order valence-electron chi connectivity index (χ2n) is 8.60. The van der Waals surface area contributed by atoms with E-state index in [1.54, 1.807) is 18.6 Å². The van der Waals surface area contributed by atoms with Crippen LogP contribution in [0.5, 0.6) is 0 Å². The molecule has 2 aliphatic heterocycles. The van der Waals surface area contributed by atoms with E-state index < -0.39 is 5.60 Å². The number of morpholine rings is 1. The molecule has 32 heavy (non-hydrogen) atoms. The van der Waals surface area contributed by atoms with E-state index in [1.165, 1.54) is 0 Å². The van der Waals surface area contributed by atoms with Gasteiger partial charge < -0.3 is 9.64 Å². The van der Waals surface area contributed by atoms with Crippen LogP contribution in [-0.2, 0) is 22.6 Å². The van der Waals surface area contributed by atoms with Gasteiger partial charge in [0.05, 0.1) is 12.3 Å². The van der Waals surface area contributed by atoms with Gasteiger partial charge in [0.25, 0.3) is 5.91 Å². The molecule has 3 aromatic heterocycles. The van der Waals surface area contributed by atoms with E-state index in [0.717, 1.165) is 29.1 Å². The van der Waals surface area contributed by atoms with Crippen molar-refractivity contribution in [2.24, 2.45) is 0 Å². The third-order valence-electron chi connectivity index (χ3n) is 6.37. The molecule has 7 heteroatoms. The van der Waals surface area contributed by atoms with Crippen LogP contribution in [0.25, 0.3) is 0 Å². The summed E-state index contributed by atoms with van der Waals surface area (Å²) in [6.45, 7) is 5.60. The summed E-state index contributed by atoms with van der Waals surface area (Å²) in [6.07, 6.45) is 7.15. The number of pyridine rings is 3. The van der Waals surface area contributed by atoms with Gasteiger partial charge in [-0.25, -0.2) is 0 Å². The Bertz CT molecular complexity index is 1080. The number of hydrogen-bond acceptors (Lipinski definition) is 6. The van der Waals surface area contributed by atoms with Crippen LogP contribution in [0.3, 0.4) is 0 Å². The highest BCUT2D eigenvalue weighted by Gasteiger charge is 2.57. The predicted octanol–water partition coefficient (Wildman–Crippen LogP) is 2.58. The zero-order valence-corrected chi connectivity index (χ0v) is 18.2. The lowest BCUT2D eigenvalue weighted by atomic mass is 9.83. The largest absolute Gasteiger partial charge is 0.361 e. The van der Waals surface area contributed by atoms with Crippen molar-refractivity contribution in [3.8, 4) is 0 Å². The Morgan fingerprint density at radius 1 is 1.06 bits per heavy atom. The average molecular weight is 430 g/mol. The standard InChI is InChI=1S/C25H27N5O2/c1-19-4-2-6-22(28-19)16-29-17-23(21-5-3-9-27-14-21)25(18-29)24(31)30(12-13-32-25)15-20-7-10-26-11-8-20/h2-11,14,23H,12-13,15-18H2,1H3/t23-,25-/m0/s1. The van der Waals surface area contributed by atoms with Gasteiger partial charge in [0.1, 0.15) is 0 Å². The van der Waals surface area contributed by atoms with E-state index in [4.69, 9.17) is 4.74 Å². The van der Waals surface area contributed by atoms with Crippen LogP contribution in [0, 0.1) is 6.92 Å². The molecule has 0 bridgehead atoms. The molecule has 5 rings (SSSR count). The highest BCUT2D eigenvalue weighted by molar-refractivity contribution is 5.88. The fourth-order valence-corrected chi connectivity index (χ4v) is 4.90. The average Bonchev–Trinajstić information content (AvgIpc) is 3.17. The number of carbonyl (C=O) groups is 1. The molecule has 3 aromatic rings. The maximum Gasteiger partial charge on any atom is 0.257 e. The van der Waals surface area contributed by atoms with Crippen LogP contribution in [0.4, 0.5) is 0 Å². The zero-order chi connectivity index (χ0) is 22.0. The summed E-state index contributed by atoms with van der Waals surface area (Å²) in [5.41, 5.74) is 3.18. The number of nitrogens with zero attached hydrogens (tertiary/aromatic N) is 5. The third kappa shape index (κ3) is 4.01. The first-order valence-corrected chi connectivity index (χ1v) is 11.0. The van der Waals surface area contributed by atoms with Gasteiger partial charge in [0.15, 0.2) is 5.60 Å².